The fourth-order valence-corrected chi connectivity index (χ4v) is 1.40. The topological polar surface area (TPSA) is 44.0 Å². The van der Waals surface area contributed by atoms with Crippen LogP contribution in [0.15, 0.2) is 24.3 Å². The van der Waals surface area contributed by atoms with E-state index in [1.54, 1.807) is 0 Å². The number of hydrogen-bond acceptors (Lipinski definition) is 2. The van der Waals surface area contributed by atoms with Crippen molar-refractivity contribution in [3.05, 3.63) is 35.4 Å². The monoisotopic (exact) mass is 175 g/mol. The Hall–Kier alpha value is -1.33. The Bertz CT molecular complexity index is 314. The molecule has 2 nitrogen and oxygen atoms in total. The van der Waals surface area contributed by atoms with E-state index in [9.17, 15) is 0 Å². The molecule has 2 heteroatoms. The Morgan fingerprint density at radius 1 is 1.46 bits per heavy atom. The van der Waals surface area contributed by atoms with Gasteiger partial charge in [-0.3, -0.25) is 0 Å². The summed E-state index contributed by atoms with van der Waals surface area (Å²) in [6.45, 7) is 1.98. The van der Waals surface area contributed by atoms with Crippen LogP contribution in [0, 0.1) is 11.3 Å². The maximum absolute atomic E-state index is 9.05. The minimum absolute atomic E-state index is 0.00829. The molecule has 1 atom stereocenters. The molecule has 0 saturated carbocycles. The summed E-state index contributed by atoms with van der Waals surface area (Å²) in [5, 5.41) is 17.9. The van der Waals surface area contributed by atoms with E-state index < -0.39 is 0 Å². The molecule has 0 aromatic heterocycles. The maximum atomic E-state index is 9.05. The number of benzene rings is 1. The van der Waals surface area contributed by atoms with Gasteiger partial charge in [-0.1, -0.05) is 31.2 Å². The van der Waals surface area contributed by atoms with Crippen LogP contribution >= 0.6 is 0 Å². The summed E-state index contributed by atoms with van der Waals surface area (Å²) in [6.07, 6.45) is 0.785. The van der Waals surface area contributed by atoms with E-state index in [0.717, 1.165) is 17.5 Å². The highest BCUT2D eigenvalue weighted by Crippen LogP contribution is 2.22. The van der Waals surface area contributed by atoms with Crippen molar-refractivity contribution in [3.8, 4) is 6.07 Å². The summed E-state index contributed by atoms with van der Waals surface area (Å²) in [5.41, 5.74) is 1.81. The Kier molecular flexibility index (Phi) is 3.48. The molecule has 0 radical (unpaired) electrons. The van der Waals surface area contributed by atoms with Crippen molar-refractivity contribution in [1.82, 2.24) is 0 Å². The van der Waals surface area contributed by atoms with E-state index in [0.29, 0.717) is 0 Å². The van der Waals surface area contributed by atoms with Gasteiger partial charge < -0.3 is 5.11 Å². The van der Waals surface area contributed by atoms with Gasteiger partial charge in [-0.25, -0.2) is 0 Å². The largest absolute Gasteiger partial charge is 0.392 e. The normalized spacial score (nSPS) is 12.1. The number of hydrogen-bond donors (Lipinski definition) is 1. The molecule has 0 aliphatic carbocycles. The fraction of sp³-hybridized carbons (Fsp3) is 0.364. The molecule has 0 bridgehead atoms. The minimum Gasteiger partial charge on any atom is -0.392 e. The van der Waals surface area contributed by atoms with E-state index in [1.807, 2.05) is 31.2 Å². The number of aliphatic hydroxyl groups is 1. The molecule has 1 aromatic carbocycles. The highest BCUT2D eigenvalue weighted by Gasteiger charge is 2.10. The molecule has 0 amide bonds. The molecular formula is C11H13NO. The van der Waals surface area contributed by atoms with E-state index in [2.05, 4.69) is 6.07 Å². The lowest BCUT2D eigenvalue weighted by Gasteiger charge is -2.10. The second kappa shape index (κ2) is 4.64. The van der Waals surface area contributed by atoms with Crippen LogP contribution in [0.2, 0.25) is 0 Å². The molecule has 0 saturated heterocycles. The van der Waals surface area contributed by atoms with Crippen molar-refractivity contribution < 1.29 is 5.11 Å². The number of aliphatic hydroxyl groups excluding tert-OH is 1. The highest BCUT2D eigenvalue weighted by atomic mass is 16.3. The van der Waals surface area contributed by atoms with Gasteiger partial charge in [0.25, 0.3) is 0 Å². The smallest absolute Gasteiger partial charge is 0.0713 e. The molecule has 1 aromatic rings. The SMILES string of the molecule is CCC(C#N)c1ccccc1CO. The molecule has 1 unspecified atom stereocenters. The van der Waals surface area contributed by atoms with Crippen LogP contribution in [0.3, 0.4) is 0 Å². The first-order chi connectivity index (χ1) is 6.33. The zero-order chi connectivity index (χ0) is 9.68. The molecule has 0 spiro atoms. The van der Waals surface area contributed by atoms with Crippen LogP contribution in [0.5, 0.6) is 0 Å². The summed E-state index contributed by atoms with van der Waals surface area (Å²) < 4.78 is 0. The van der Waals surface area contributed by atoms with Gasteiger partial charge in [0.15, 0.2) is 0 Å². The lowest BCUT2D eigenvalue weighted by atomic mass is 9.94. The van der Waals surface area contributed by atoms with Crippen LogP contribution in [0.25, 0.3) is 0 Å². The van der Waals surface area contributed by atoms with Crippen LogP contribution in [0.4, 0.5) is 0 Å². The number of nitrogens with zero attached hydrogens (tertiary/aromatic N) is 1. The molecule has 68 valence electrons. The van der Waals surface area contributed by atoms with Crippen molar-refractivity contribution in [2.45, 2.75) is 25.9 Å². The highest BCUT2D eigenvalue weighted by molar-refractivity contribution is 5.33. The molecule has 0 fully saturated rings. The first-order valence-corrected chi connectivity index (χ1v) is 4.41. The van der Waals surface area contributed by atoms with Crippen molar-refractivity contribution in [1.29, 1.82) is 5.26 Å². The van der Waals surface area contributed by atoms with E-state index in [-0.39, 0.29) is 12.5 Å². The minimum atomic E-state index is -0.0941. The van der Waals surface area contributed by atoms with Gasteiger partial charge in [0.1, 0.15) is 0 Å². The second-order valence-corrected chi connectivity index (χ2v) is 2.95. The Labute approximate surface area is 78.4 Å². The number of rotatable bonds is 3. The Morgan fingerprint density at radius 2 is 2.15 bits per heavy atom. The van der Waals surface area contributed by atoms with Gasteiger partial charge in [0.2, 0.25) is 0 Å². The summed E-state index contributed by atoms with van der Waals surface area (Å²) in [5.74, 6) is -0.0941. The third-order valence-corrected chi connectivity index (χ3v) is 2.16. The summed E-state index contributed by atoms with van der Waals surface area (Å²) in [4.78, 5) is 0. The zero-order valence-corrected chi connectivity index (χ0v) is 7.70. The summed E-state index contributed by atoms with van der Waals surface area (Å²) in [7, 11) is 0. The van der Waals surface area contributed by atoms with Crippen LogP contribution in [0.1, 0.15) is 30.4 Å². The third kappa shape index (κ3) is 2.07. The van der Waals surface area contributed by atoms with Crippen LogP contribution in [-0.4, -0.2) is 5.11 Å². The molecule has 1 N–H and O–H groups in total. The van der Waals surface area contributed by atoms with Gasteiger partial charge in [-0.15, -0.1) is 0 Å². The van der Waals surface area contributed by atoms with Gasteiger partial charge in [-0.2, -0.15) is 5.26 Å². The molecule has 0 aliphatic heterocycles. The Balaban J connectivity index is 3.05. The average Bonchev–Trinajstić information content (AvgIpc) is 2.20. The maximum Gasteiger partial charge on any atom is 0.0713 e. The van der Waals surface area contributed by atoms with Crippen molar-refractivity contribution in [2.75, 3.05) is 0 Å². The lowest BCUT2D eigenvalue weighted by molar-refractivity contribution is 0.280. The first kappa shape index (κ1) is 9.76. The standard InChI is InChI=1S/C11H13NO/c1-2-9(7-12)11-6-4-3-5-10(11)8-13/h3-6,9,13H,2,8H2,1H3. The average molecular weight is 175 g/mol. The van der Waals surface area contributed by atoms with Gasteiger partial charge >= 0.3 is 0 Å². The first-order valence-electron chi connectivity index (χ1n) is 4.41. The fourth-order valence-electron chi connectivity index (χ4n) is 1.40. The van der Waals surface area contributed by atoms with Gasteiger partial charge in [0, 0.05) is 0 Å². The Morgan fingerprint density at radius 3 is 2.69 bits per heavy atom. The van der Waals surface area contributed by atoms with Crippen molar-refractivity contribution in [3.63, 3.8) is 0 Å². The van der Waals surface area contributed by atoms with E-state index in [4.69, 9.17) is 10.4 Å². The van der Waals surface area contributed by atoms with Crippen LogP contribution in [-0.2, 0) is 6.61 Å². The molecule has 0 heterocycles. The predicted octanol–water partition coefficient (Wildman–Crippen LogP) is 2.20. The van der Waals surface area contributed by atoms with Gasteiger partial charge in [0.05, 0.1) is 18.6 Å². The molecule has 13 heavy (non-hydrogen) atoms. The predicted molar refractivity (Wildman–Crippen MR) is 51.0 cm³/mol. The summed E-state index contributed by atoms with van der Waals surface area (Å²) >= 11 is 0. The number of nitriles is 1. The van der Waals surface area contributed by atoms with Crippen molar-refractivity contribution in [2.24, 2.45) is 0 Å². The quantitative estimate of drug-likeness (QED) is 0.765. The molecular weight excluding hydrogens is 162 g/mol. The molecule has 0 aliphatic rings. The van der Waals surface area contributed by atoms with E-state index >= 15 is 0 Å². The lowest BCUT2D eigenvalue weighted by Crippen LogP contribution is -1.99. The van der Waals surface area contributed by atoms with E-state index in [1.165, 1.54) is 0 Å². The zero-order valence-electron chi connectivity index (χ0n) is 7.70. The third-order valence-electron chi connectivity index (χ3n) is 2.16. The summed E-state index contributed by atoms with van der Waals surface area (Å²) in [6, 6.07) is 9.77. The van der Waals surface area contributed by atoms with Crippen molar-refractivity contribution >= 4 is 0 Å². The van der Waals surface area contributed by atoms with Crippen LogP contribution < -0.4 is 0 Å². The molecule has 1 rings (SSSR count). The second-order valence-electron chi connectivity index (χ2n) is 2.95. The van der Waals surface area contributed by atoms with Gasteiger partial charge in [-0.05, 0) is 17.5 Å².